The van der Waals surface area contributed by atoms with Crippen LogP contribution < -0.4 is 5.32 Å². The average molecular weight is 268 g/mol. The first-order valence-electron chi connectivity index (χ1n) is 7.53. The minimum absolute atomic E-state index is 0.371. The zero-order valence-corrected chi connectivity index (χ0v) is 12.4. The van der Waals surface area contributed by atoms with Crippen LogP contribution in [0.3, 0.4) is 0 Å². The van der Waals surface area contributed by atoms with E-state index in [4.69, 9.17) is 14.9 Å². The van der Waals surface area contributed by atoms with Gasteiger partial charge >= 0.3 is 0 Å². The Morgan fingerprint density at radius 3 is 2.37 bits per heavy atom. The second-order valence-corrected chi connectivity index (χ2v) is 5.86. The third kappa shape index (κ3) is 6.08. The summed E-state index contributed by atoms with van der Waals surface area (Å²) in [4.78, 5) is 13.8. The van der Waals surface area contributed by atoms with Crippen molar-refractivity contribution in [1.82, 2.24) is 5.32 Å². The number of hydrogen-bond donors (Lipinski definition) is 2. The van der Waals surface area contributed by atoms with Crippen molar-refractivity contribution in [1.29, 1.82) is 0 Å². The van der Waals surface area contributed by atoms with E-state index in [0.717, 1.165) is 20.0 Å². The SMILES string of the molecule is CC(=O)O.CC1(/C2=N/CCCCCN2)CCCCC1. The molecule has 110 valence electrons. The van der Waals surface area contributed by atoms with Crippen molar-refractivity contribution < 1.29 is 9.90 Å². The number of aliphatic carboxylic acids is 1. The molecule has 0 unspecified atom stereocenters. The summed E-state index contributed by atoms with van der Waals surface area (Å²) in [6.07, 6.45) is 10.8. The number of aliphatic imine (C=N–C) groups is 1. The van der Waals surface area contributed by atoms with Crippen LogP contribution in [-0.2, 0) is 4.79 Å². The van der Waals surface area contributed by atoms with Gasteiger partial charge in [0.1, 0.15) is 5.84 Å². The third-order valence-electron chi connectivity index (χ3n) is 3.93. The van der Waals surface area contributed by atoms with Gasteiger partial charge in [-0.2, -0.15) is 0 Å². The molecule has 0 aromatic heterocycles. The normalized spacial score (nSPS) is 25.5. The van der Waals surface area contributed by atoms with Crippen LogP contribution in [0.5, 0.6) is 0 Å². The molecule has 1 heterocycles. The number of carbonyl (C=O) groups is 1. The minimum Gasteiger partial charge on any atom is -0.481 e. The number of hydrogen-bond acceptors (Lipinski definition) is 3. The van der Waals surface area contributed by atoms with Gasteiger partial charge in [-0.05, 0) is 32.1 Å². The molecule has 4 heteroatoms. The van der Waals surface area contributed by atoms with Gasteiger partial charge in [-0.3, -0.25) is 9.79 Å². The van der Waals surface area contributed by atoms with Gasteiger partial charge in [0, 0.05) is 25.4 Å². The first kappa shape index (κ1) is 16.0. The topological polar surface area (TPSA) is 61.7 Å². The fourth-order valence-corrected chi connectivity index (χ4v) is 2.84. The molecule has 0 atom stereocenters. The van der Waals surface area contributed by atoms with Gasteiger partial charge in [0.05, 0.1) is 0 Å². The molecule has 0 aromatic rings. The van der Waals surface area contributed by atoms with Crippen molar-refractivity contribution in [3.05, 3.63) is 0 Å². The molecule has 0 saturated heterocycles. The number of rotatable bonds is 1. The lowest BCUT2D eigenvalue weighted by molar-refractivity contribution is -0.134. The van der Waals surface area contributed by atoms with Crippen LogP contribution in [0, 0.1) is 5.41 Å². The molecule has 0 spiro atoms. The summed E-state index contributed by atoms with van der Waals surface area (Å²) in [6.45, 7) is 5.66. The second kappa shape index (κ2) is 8.18. The molecule has 1 aliphatic carbocycles. The van der Waals surface area contributed by atoms with E-state index in [9.17, 15) is 0 Å². The van der Waals surface area contributed by atoms with Crippen molar-refractivity contribution in [3.8, 4) is 0 Å². The maximum Gasteiger partial charge on any atom is 0.300 e. The van der Waals surface area contributed by atoms with Crippen molar-refractivity contribution in [2.75, 3.05) is 13.1 Å². The number of nitrogens with zero attached hydrogens (tertiary/aromatic N) is 1. The van der Waals surface area contributed by atoms with Crippen LogP contribution in [0.2, 0.25) is 0 Å². The van der Waals surface area contributed by atoms with Crippen molar-refractivity contribution >= 4 is 11.8 Å². The number of carboxylic acid groups (broad SMARTS) is 1. The van der Waals surface area contributed by atoms with Crippen molar-refractivity contribution in [2.45, 2.75) is 65.2 Å². The lowest BCUT2D eigenvalue weighted by Crippen LogP contribution is -2.41. The third-order valence-corrected chi connectivity index (χ3v) is 3.93. The summed E-state index contributed by atoms with van der Waals surface area (Å²) in [7, 11) is 0. The number of amidine groups is 1. The summed E-state index contributed by atoms with van der Waals surface area (Å²) in [5.41, 5.74) is 0.371. The van der Waals surface area contributed by atoms with Crippen LogP contribution in [0.1, 0.15) is 65.2 Å². The van der Waals surface area contributed by atoms with Gasteiger partial charge < -0.3 is 10.4 Å². The fraction of sp³-hybridized carbons (Fsp3) is 0.867. The van der Waals surface area contributed by atoms with E-state index in [1.165, 1.54) is 57.2 Å². The Kier molecular flexibility index (Phi) is 6.89. The van der Waals surface area contributed by atoms with Gasteiger partial charge in [-0.25, -0.2) is 0 Å². The fourth-order valence-electron chi connectivity index (χ4n) is 2.84. The van der Waals surface area contributed by atoms with E-state index in [2.05, 4.69) is 12.2 Å². The van der Waals surface area contributed by atoms with E-state index in [0.29, 0.717) is 5.41 Å². The molecular formula is C15H28N2O2. The Hall–Kier alpha value is -1.06. The highest BCUT2D eigenvalue weighted by Gasteiger charge is 2.32. The average Bonchev–Trinajstić information content (AvgIpc) is 2.28. The summed E-state index contributed by atoms with van der Waals surface area (Å²) >= 11 is 0. The summed E-state index contributed by atoms with van der Waals surface area (Å²) < 4.78 is 0. The van der Waals surface area contributed by atoms with Gasteiger partial charge in [0.2, 0.25) is 0 Å². The monoisotopic (exact) mass is 268 g/mol. The predicted molar refractivity (Wildman–Crippen MR) is 78.7 cm³/mol. The zero-order chi connectivity index (χ0) is 14.1. The van der Waals surface area contributed by atoms with Gasteiger partial charge in [0.15, 0.2) is 0 Å². The van der Waals surface area contributed by atoms with E-state index >= 15 is 0 Å². The molecule has 0 aromatic carbocycles. The van der Waals surface area contributed by atoms with Crippen LogP contribution in [-0.4, -0.2) is 30.0 Å². The highest BCUT2D eigenvalue weighted by molar-refractivity contribution is 5.88. The van der Waals surface area contributed by atoms with Crippen LogP contribution in [0.4, 0.5) is 0 Å². The molecule has 2 aliphatic rings. The maximum absolute atomic E-state index is 9.00. The van der Waals surface area contributed by atoms with Crippen LogP contribution in [0.25, 0.3) is 0 Å². The molecule has 2 N–H and O–H groups in total. The van der Waals surface area contributed by atoms with Crippen LogP contribution >= 0.6 is 0 Å². The molecule has 1 saturated carbocycles. The molecule has 1 aliphatic heterocycles. The second-order valence-electron chi connectivity index (χ2n) is 5.86. The Morgan fingerprint density at radius 1 is 1.16 bits per heavy atom. The lowest BCUT2D eigenvalue weighted by atomic mass is 9.74. The van der Waals surface area contributed by atoms with Gasteiger partial charge in [-0.15, -0.1) is 0 Å². The van der Waals surface area contributed by atoms with Crippen molar-refractivity contribution in [3.63, 3.8) is 0 Å². The van der Waals surface area contributed by atoms with E-state index in [-0.39, 0.29) is 0 Å². The Morgan fingerprint density at radius 2 is 1.74 bits per heavy atom. The smallest absolute Gasteiger partial charge is 0.300 e. The minimum atomic E-state index is -0.833. The molecule has 19 heavy (non-hydrogen) atoms. The molecular weight excluding hydrogens is 240 g/mol. The quantitative estimate of drug-likeness (QED) is 0.767. The Bertz CT molecular complexity index is 303. The summed E-state index contributed by atoms with van der Waals surface area (Å²) in [5.74, 6) is 0.488. The first-order chi connectivity index (χ1) is 9.04. The van der Waals surface area contributed by atoms with Crippen molar-refractivity contribution in [2.24, 2.45) is 10.4 Å². The highest BCUT2D eigenvalue weighted by atomic mass is 16.4. The lowest BCUT2D eigenvalue weighted by Gasteiger charge is -2.35. The largest absolute Gasteiger partial charge is 0.481 e. The number of nitrogens with one attached hydrogen (secondary N) is 1. The Labute approximate surface area is 116 Å². The summed E-state index contributed by atoms with van der Waals surface area (Å²) in [5, 5.41) is 11.0. The van der Waals surface area contributed by atoms with E-state index in [1.807, 2.05) is 0 Å². The van der Waals surface area contributed by atoms with E-state index < -0.39 is 5.97 Å². The molecule has 2 rings (SSSR count). The predicted octanol–water partition coefficient (Wildman–Crippen LogP) is 3.22. The first-order valence-corrected chi connectivity index (χ1v) is 7.53. The standard InChI is InChI=1S/C13H24N2.C2H4O2/c1-13(8-4-2-5-9-13)12-14-10-6-3-7-11-15-12;1-2(3)4/h2-11H2,1H3,(H,14,15);1H3,(H,3,4). The van der Waals surface area contributed by atoms with Crippen LogP contribution in [0.15, 0.2) is 4.99 Å². The molecule has 0 amide bonds. The van der Waals surface area contributed by atoms with Gasteiger partial charge in [-0.1, -0.05) is 26.2 Å². The maximum atomic E-state index is 9.00. The van der Waals surface area contributed by atoms with Gasteiger partial charge in [0.25, 0.3) is 5.97 Å². The molecule has 1 fully saturated rings. The zero-order valence-electron chi connectivity index (χ0n) is 12.4. The molecule has 0 radical (unpaired) electrons. The molecule has 4 nitrogen and oxygen atoms in total. The van der Waals surface area contributed by atoms with E-state index in [1.54, 1.807) is 0 Å². The molecule has 0 bridgehead atoms. The highest BCUT2D eigenvalue weighted by Crippen LogP contribution is 2.36. The number of carboxylic acids is 1. The summed E-state index contributed by atoms with van der Waals surface area (Å²) in [6, 6.07) is 0. The Balaban J connectivity index is 0.000000399.